The van der Waals surface area contributed by atoms with Crippen LogP contribution in [0.4, 0.5) is 0 Å². The van der Waals surface area contributed by atoms with E-state index in [9.17, 15) is 4.79 Å². The molecule has 0 aromatic heterocycles. The molecule has 0 bridgehead atoms. The van der Waals surface area contributed by atoms with Crippen LogP contribution in [0.25, 0.3) is 0 Å². The molecule has 2 fully saturated rings. The molecular formula is C15H27NO2. The number of cyclic esters (lactones) is 1. The number of carbonyl (C=O) groups excluding carboxylic acids is 1. The summed E-state index contributed by atoms with van der Waals surface area (Å²) in [7, 11) is 0. The molecule has 3 nitrogen and oxygen atoms in total. The average Bonchev–Trinajstić information content (AvgIpc) is 2.76. The summed E-state index contributed by atoms with van der Waals surface area (Å²) in [6.45, 7) is 6.67. The van der Waals surface area contributed by atoms with E-state index in [0.717, 1.165) is 19.3 Å². The third kappa shape index (κ3) is 2.42. The number of hydrogen-bond acceptors (Lipinski definition) is 3. The number of hydrogen-bond donors (Lipinski definition) is 1. The molecule has 1 aliphatic carbocycles. The molecule has 1 saturated heterocycles. The second-order valence-corrected chi connectivity index (χ2v) is 6.85. The van der Waals surface area contributed by atoms with Gasteiger partial charge in [0.2, 0.25) is 0 Å². The van der Waals surface area contributed by atoms with Gasteiger partial charge in [0, 0.05) is 17.4 Å². The molecule has 2 rings (SSSR count). The van der Waals surface area contributed by atoms with Crippen LogP contribution in [0.2, 0.25) is 0 Å². The van der Waals surface area contributed by atoms with Gasteiger partial charge in [-0.05, 0) is 25.2 Å². The molecule has 1 aliphatic heterocycles. The normalized spacial score (nSPS) is 30.0. The highest BCUT2D eigenvalue weighted by atomic mass is 16.5. The zero-order chi connectivity index (χ0) is 13.4. The van der Waals surface area contributed by atoms with Crippen LogP contribution in [0.5, 0.6) is 0 Å². The summed E-state index contributed by atoms with van der Waals surface area (Å²) in [6, 6.07) is 0. The van der Waals surface area contributed by atoms with Crippen LogP contribution in [-0.2, 0) is 9.53 Å². The van der Waals surface area contributed by atoms with E-state index < -0.39 is 0 Å². The van der Waals surface area contributed by atoms with Crippen molar-refractivity contribution in [3.05, 3.63) is 0 Å². The van der Waals surface area contributed by atoms with Gasteiger partial charge < -0.3 is 10.5 Å². The van der Waals surface area contributed by atoms with Crippen molar-refractivity contribution in [3.63, 3.8) is 0 Å². The van der Waals surface area contributed by atoms with Crippen molar-refractivity contribution in [2.24, 2.45) is 17.1 Å². The van der Waals surface area contributed by atoms with E-state index in [1.54, 1.807) is 0 Å². The summed E-state index contributed by atoms with van der Waals surface area (Å²) in [6.07, 6.45) is 7.47. The van der Waals surface area contributed by atoms with Crippen molar-refractivity contribution in [3.8, 4) is 0 Å². The van der Waals surface area contributed by atoms with Gasteiger partial charge in [-0.25, -0.2) is 0 Å². The second-order valence-electron chi connectivity index (χ2n) is 6.85. The summed E-state index contributed by atoms with van der Waals surface area (Å²) in [5, 5.41) is 0. The third-order valence-corrected chi connectivity index (χ3v) is 5.48. The van der Waals surface area contributed by atoms with E-state index in [1.165, 1.54) is 19.3 Å². The second kappa shape index (κ2) is 4.84. The fourth-order valence-electron chi connectivity index (χ4n) is 3.71. The molecule has 0 aromatic rings. The molecule has 104 valence electrons. The predicted molar refractivity (Wildman–Crippen MR) is 72.1 cm³/mol. The van der Waals surface area contributed by atoms with E-state index >= 15 is 0 Å². The minimum atomic E-state index is -0.0727. The van der Waals surface area contributed by atoms with Crippen LogP contribution in [0, 0.1) is 11.3 Å². The van der Waals surface area contributed by atoms with Crippen molar-refractivity contribution in [1.82, 2.24) is 0 Å². The molecule has 0 aromatic carbocycles. The minimum Gasteiger partial charge on any atom is -0.462 e. The SMILES string of the molecule is CC(C1(N)CCCCC1)C(C)(C)[C@@H]1CCC(=O)O1. The molecule has 1 saturated carbocycles. The van der Waals surface area contributed by atoms with Gasteiger partial charge in [-0.1, -0.05) is 40.0 Å². The van der Waals surface area contributed by atoms with Crippen molar-refractivity contribution in [1.29, 1.82) is 0 Å². The summed E-state index contributed by atoms with van der Waals surface area (Å²) in [5.41, 5.74) is 6.55. The Labute approximate surface area is 110 Å². The Balaban J connectivity index is 2.10. The molecule has 0 radical (unpaired) electrons. The average molecular weight is 253 g/mol. The van der Waals surface area contributed by atoms with Crippen LogP contribution in [0.15, 0.2) is 0 Å². The maximum atomic E-state index is 11.3. The molecule has 18 heavy (non-hydrogen) atoms. The van der Waals surface area contributed by atoms with E-state index in [2.05, 4.69) is 20.8 Å². The summed E-state index contributed by atoms with van der Waals surface area (Å²) >= 11 is 0. The Morgan fingerprint density at radius 1 is 1.33 bits per heavy atom. The van der Waals surface area contributed by atoms with Crippen LogP contribution >= 0.6 is 0 Å². The zero-order valence-electron chi connectivity index (χ0n) is 12.0. The van der Waals surface area contributed by atoms with E-state index in [4.69, 9.17) is 10.5 Å². The largest absolute Gasteiger partial charge is 0.462 e. The number of nitrogens with two attached hydrogens (primary N) is 1. The van der Waals surface area contributed by atoms with Crippen LogP contribution in [-0.4, -0.2) is 17.6 Å². The first kappa shape index (κ1) is 13.9. The number of rotatable bonds is 3. The molecule has 0 amide bonds. The Morgan fingerprint density at radius 2 is 1.94 bits per heavy atom. The highest BCUT2D eigenvalue weighted by Gasteiger charge is 2.48. The van der Waals surface area contributed by atoms with Gasteiger partial charge >= 0.3 is 5.97 Å². The molecule has 2 aliphatic rings. The molecule has 3 heteroatoms. The first-order valence-electron chi connectivity index (χ1n) is 7.34. The lowest BCUT2D eigenvalue weighted by Crippen LogP contribution is -2.55. The van der Waals surface area contributed by atoms with E-state index in [0.29, 0.717) is 12.3 Å². The fraction of sp³-hybridized carbons (Fsp3) is 0.933. The predicted octanol–water partition coefficient (Wildman–Crippen LogP) is 3.02. The molecule has 0 spiro atoms. The monoisotopic (exact) mass is 253 g/mol. The summed E-state index contributed by atoms with van der Waals surface area (Å²) in [5.74, 6) is 0.330. The lowest BCUT2D eigenvalue weighted by atomic mass is 9.61. The highest BCUT2D eigenvalue weighted by molar-refractivity contribution is 5.71. The van der Waals surface area contributed by atoms with Crippen LogP contribution < -0.4 is 5.73 Å². The molecule has 2 N–H and O–H groups in total. The van der Waals surface area contributed by atoms with Gasteiger partial charge in [-0.3, -0.25) is 4.79 Å². The standard InChI is InChI=1S/C15H27NO2/c1-11(15(16)9-5-4-6-10-15)14(2,3)12-7-8-13(17)18-12/h11-12H,4-10,16H2,1-3H3/t11?,12-/m0/s1. The lowest BCUT2D eigenvalue weighted by Gasteiger charge is -2.48. The maximum Gasteiger partial charge on any atom is 0.306 e. The van der Waals surface area contributed by atoms with Gasteiger partial charge in [0.15, 0.2) is 0 Å². The Bertz CT molecular complexity index is 318. The summed E-state index contributed by atoms with van der Waals surface area (Å²) in [4.78, 5) is 11.3. The van der Waals surface area contributed by atoms with E-state index in [-0.39, 0.29) is 23.0 Å². The maximum absolute atomic E-state index is 11.3. The van der Waals surface area contributed by atoms with Crippen molar-refractivity contribution < 1.29 is 9.53 Å². The third-order valence-electron chi connectivity index (χ3n) is 5.48. The lowest BCUT2D eigenvalue weighted by molar-refractivity contribution is -0.148. The molecular weight excluding hydrogens is 226 g/mol. The van der Waals surface area contributed by atoms with Gasteiger partial charge in [-0.2, -0.15) is 0 Å². The quantitative estimate of drug-likeness (QED) is 0.787. The number of carbonyl (C=O) groups is 1. The molecule has 2 atom stereocenters. The highest BCUT2D eigenvalue weighted by Crippen LogP contribution is 2.46. The van der Waals surface area contributed by atoms with Crippen LogP contribution in [0.3, 0.4) is 0 Å². The number of ether oxygens (including phenoxy) is 1. The number of esters is 1. The van der Waals surface area contributed by atoms with Crippen molar-refractivity contribution in [2.75, 3.05) is 0 Å². The van der Waals surface area contributed by atoms with Gasteiger partial charge in [0.25, 0.3) is 0 Å². The Kier molecular flexibility index (Phi) is 3.72. The Hall–Kier alpha value is -0.570. The minimum absolute atomic E-state index is 0.0295. The van der Waals surface area contributed by atoms with Gasteiger partial charge in [-0.15, -0.1) is 0 Å². The first-order chi connectivity index (χ1) is 8.36. The van der Waals surface area contributed by atoms with E-state index in [1.807, 2.05) is 0 Å². The van der Waals surface area contributed by atoms with Gasteiger partial charge in [0.1, 0.15) is 6.10 Å². The molecule has 1 heterocycles. The smallest absolute Gasteiger partial charge is 0.306 e. The first-order valence-corrected chi connectivity index (χ1v) is 7.34. The van der Waals surface area contributed by atoms with Crippen LogP contribution in [0.1, 0.15) is 65.7 Å². The van der Waals surface area contributed by atoms with Crippen molar-refractivity contribution in [2.45, 2.75) is 77.4 Å². The summed E-state index contributed by atoms with van der Waals surface area (Å²) < 4.78 is 5.49. The zero-order valence-corrected chi connectivity index (χ0v) is 12.0. The topological polar surface area (TPSA) is 52.3 Å². The Morgan fingerprint density at radius 3 is 2.44 bits per heavy atom. The van der Waals surface area contributed by atoms with Gasteiger partial charge in [0.05, 0.1) is 0 Å². The fourth-order valence-corrected chi connectivity index (χ4v) is 3.71. The molecule has 1 unspecified atom stereocenters. The van der Waals surface area contributed by atoms with Crippen molar-refractivity contribution >= 4 is 5.97 Å².